The fraction of sp³-hybridized carbons (Fsp3) is 0.348. The van der Waals surface area contributed by atoms with Crippen molar-refractivity contribution < 1.29 is 23.5 Å². The quantitative estimate of drug-likeness (QED) is 0.556. The second-order valence-electron chi connectivity index (χ2n) is 7.06. The van der Waals surface area contributed by atoms with Crippen molar-refractivity contribution in [3.8, 4) is 28.6 Å². The third-order valence-corrected chi connectivity index (χ3v) is 4.95. The molecule has 0 saturated carbocycles. The van der Waals surface area contributed by atoms with Gasteiger partial charge >= 0.3 is 0 Å². The molecule has 0 spiro atoms. The third kappa shape index (κ3) is 5.33. The molecule has 31 heavy (non-hydrogen) atoms. The van der Waals surface area contributed by atoms with Gasteiger partial charge in [-0.15, -0.1) is 0 Å². The highest BCUT2D eigenvalue weighted by Crippen LogP contribution is 2.31. The van der Waals surface area contributed by atoms with Crippen LogP contribution in [0.25, 0.3) is 11.4 Å². The normalized spacial score (nSPS) is 11.6. The third-order valence-electron chi connectivity index (χ3n) is 4.95. The first-order chi connectivity index (χ1) is 14.9. The van der Waals surface area contributed by atoms with E-state index in [1.54, 1.807) is 32.4 Å². The van der Waals surface area contributed by atoms with Gasteiger partial charge in [-0.3, -0.25) is 4.79 Å². The average molecular weight is 425 g/mol. The Morgan fingerprint density at radius 3 is 2.52 bits per heavy atom. The van der Waals surface area contributed by atoms with E-state index in [9.17, 15) is 4.79 Å². The second kappa shape index (κ2) is 9.97. The van der Waals surface area contributed by atoms with E-state index >= 15 is 0 Å². The number of hydrogen-bond acceptors (Lipinski definition) is 7. The van der Waals surface area contributed by atoms with Gasteiger partial charge in [-0.05, 0) is 55.7 Å². The zero-order valence-corrected chi connectivity index (χ0v) is 18.4. The van der Waals surface area contributed by atoms with Gasteiger partial charge in [0.25, 0.3) is 5.91 Å². The molecule has 1 N–H and O–H groups in total. The highest BCUT2D eigenvalue weighted by atomic mass is 16.5. The largest absolute Gasteiger partial charge is 0.497 e. The molecular weight excluding hydrogens is 398 g/mol. The Balaban J connectivity index is 1.64. The maximum Gasteiger partial charge on any atom is 0.261 e. The molecular formula is C23H27N3O5. The van der Waals surface area contributed by atoms with E-state index in [0.717, 1.165) is 5.56 Å². The number of aryl methyl sites for hydroxylation is 2. The number of ether oxygens (including phenoxy) is 3. The van der Waals surface area contributed by atoms with E-state index in [1.165, 1.54) is 5.56 Å². The van der Waals surface area contributed by atoms with Crippen LogP contribution in [0, 0.1) is 13.8 Å². The van der Waals surface area contributed by atoms with Crippen LogP contribution in [-0.4, -0.2) is 36.4 Å². The first-order valence-electron chi connectivity index (χ1n) is 10.0. The van der Waals surface area contributed by atoms with Gasteiger partial charge < -0.3 is 24.1 Å². The molecule has 1 aromatic heterocycles. The Kier molecular flexibility index (Phi) is 7.12. The Bertz CT molecular complexity index is 1050. The minimum Gasteiger partial charge on any atom is -0.497 e. The summed E-state index contributed by atoms with van der Waals surface area (Å²) in [6.45, 7) is 6.03. The molecule has 1 amide bonds. The van der Waals surface area contributed by atoms with Crippen LogP contribution in [0.3, 0.4) is 0 Å². The van der Waals surface area contributed by atoms with Crippen molar-refractivity contribution >= 4 is 5.91 Å². The molecule has 0 aliphatic heterocycles. The lowest BCUT2D eigenvalue weighted by Crippen LogP contribution is -2.37. The number of carbonyl (C=O) groups excluding carboxylic acids is 1. The molecule has 8 heteroatoms. The first kappa shape index (κ1) is 22.1. The van der Waals surface area contributed by atoms with Crippen molar-refractivity contribution in [1.29, 1.82) is 0 Å². The van der Waals surface area contributed by atoms with Gasteiger partial charge in [0.15, 0.2) is 6.10 Å². The monoisotopic (exact) mass is 425 g/mol. The molecule has 0 fully saturated rings. The lowest BCUT2D eigenvalue weighted by atomic mass is 10.1. The fourth-order valence-corrected chi connectivity index (χ4v) is 2.97. The van der Waals surface area contributed by atoms with Crippen molar-refractivity contribution in [3.05, 3.63) is 53.4 Å². The van der Waals surface area contributed by atoms with Crippen molar-refractivity contribution in [2.75, 3.05) is 14.2 Å². The van der Waals surface area contributed by atoms with Crippen molar-refractivity contribution in [2.24, 2.45) is 0 Å². The second-order valence-corrected chi connectivity index (χ2v) is 7.06. The summed E-state index contributed by atoms with van der Waals surface area (Å²) >= 11 is 0. The molecule has 2 aromatic carbocycles. The molecule has 164 valence electrons. The van der Waals surface area contributed by atoms with Crippen LogP contribution in [0.1, 0.15) is 30.4 Å². The topological polar surface area (TPSA) is 95.7 Å². The Labute approximate surface area is 181 Å². The summed E-state index contributed by atoms with van der Waals surface area (Å²) in [5.74, 6) is 2.28. The van der Waals surface area contributed by atoms with Crippen LogP contribution < -0.4 is 19.5 Å². The summed E-state index contributed by atoms with van der Waals surface area (Å²) < 4.78 is 21.7. The number of nitrogens with zero attached hydrogens (tertiary/aromatic N) is 2. The number of rotatable bonds is 9. The molecule has 8 nitrogen and oxygen atoms in total. The van der Waals surface area contributed by atoms with Gasteiger partial charge in [0.1, 0.15) is 17.2 Å². The smallest absolute Gasteiger partial charge is 0.261 e. The van der Waals surface area contributed by atoms with Crippen LogP contribution in [-0.2, 0) is 11.3 Å². The van der Waals surface area contributed by atoms with E-state index in [2.05, 4.69) is 15.5 Å². The van der Waals surface area contributed by atoms with Crippen LogP contribution >= 0.6 is 0 Å². The highest BCUT2D eigenvalue weighted by Gasteiger charge is 2.20. The van der Waals surface area contributed by atoms with Crippen LogP contribution in [0.15, 0.2) is 40.9 Å². The summed E-state index contributed by atoms with van der Waals surface area (Å²) in [6.07, 6.45) is -0.0946. The molecule has 0 aliphatic carbocycles. The number of hydrogen-bond donors (Lipinski definition) is 1. The van der Waals surface area contributed by atoms with E-state index in [1.807, 2.05) is 39.0 Å². The van der Waals surface area contributed by atoms with E-state index in [0.29, 0.717) is 35.1 Å². The minimum absolute atomic E-state index is 0.0943. The molecule has 0 unspecified atom stereocenters. The molecule has 0 radical (unpaired) electrons. The number of nitrogens with one attached hydrogen (secondary N) is 1. The predicted octanol–water partition coefficient (Wildman–Crippen LogP) is 3.84. The molecule has 3 aromatic rings. The van der Waals surface area contributed by atoms with Crippen molar-refractivity contribution in [2.45, 2.75) is 39.8 Å². The van der Waals surface area contributed by atoms with E-state index < -0.39 is 6.10 Å². The lowest BCUT2D eigenvalue weighted by Gasteiger charge is -2.17. The van der Waals surface area contributed by atoms with Gasteiger partial charge in [-0.1, -0.05) is 18.1 Å². The Hall–Kier alpha value is -3.55. The summed E-state index contributed by atoms with van der Waals surface area (Å²) in [7, 11) is 3.14. The lowest BCUT2D eigenvalue weighted by molar-refractivity contribution is -0.128. The molecule has 1 atom stereocenters. The SMILES string of the molecule is CC[C@@H](Oc1ccc(C)c(C)c1)C(=O)NCc1nc(-c2ccc(OC)cc2OC)no1. The average Bonchev–Trinajstić information content (AvgIpc) is 3.26. The molecule has 3 rings (SSSR count). The highest BCUT2D eigenvalue weighted by molar-refractivity contribution is 5.81. The number of carbonyl (C=O) groups is 1. The maximum absolute atomic E-state index is 12.6. The zero-order chi connectivity index (χ0) is 22.4. The zero-order valence-electron chi connectivity index (χ0n) is 18.4. The van der Waals surface area contributed by atoms with Gasteiger partial charge in [0, 0.05) is 6.07 Å². The van der Waals surface area contributed by atoms with Crippen molar-refractivity contribution in [3.63, 3.8) is 0 Å². The first-order valence-corrected chi connectivity index (χ1v) is 10.0. The van der Waals surface area contributed by atoms with Crippen LogP contribution in [0.2, 0.25) is 0 Å². The van der Waals surface area contributed by atoms with Crippen molar-refractivity contribution in [1.82, 2.24) is 15.5 Å². The van der Waals surface area contributed by atoms with E-state index in [4.69, 9.17) is 18.7 Å². The Morgan fingerprint density at radius 2 is 1.84 bits per heavy atom. The van der Waals surface area contributed by atoms with Gasteiger partial charge in [0.05, 0.1) is 26.3 Å². The maximum atomic E-state index is 12.6. The molecule has 0 saturated heterocycles. The Morgan fingerprint density at radius 1 is 1.06 bits per heavy atom. The number of methoxy groups -OCH3 is 2. The fourth-order valence-electron chi connectivity index (χ4n) is 2.97. The summed E-state index contributed by atoms with van der Waals surface area (Å²) in [6, 6.07) is 11.1. The predicted molar refractivity (Wildman–Crippen MR) is 115 cm³/mol. The van der Waals surface area contributed by atoms with Gasteiger partial charge in [-0.2, -0.15) is 4.98 Å². The summed E-state index contributed by atoms with van der Waals surface area (Å²) in [5.41, 5.74) is 2.94. The van der Waals surface area contributed by atoms with Gasteiger partial charge in [0.2, 0.25) is 11.7 Å². The standard InChI is InChI=1S/C23H27N3O5/c1-6-19(30-17-8-7-14(2)15(3)11-17)23(27)24-13-21-25-22(26-31-21)18-10-9-16(28-4)12-20(18)29-5/h7-12,19H,6,13H2,1-5H3,(H,24,27)/t19-/m1/s1. The van der Waals surface area contributed by atoms with Gasteiger partial charge in [-0.25, -0.2) is 0 Å². The summed E-state index contributed by atoms with van der Waals surface area (Å²) in [4.78, 5) is 16.9. The molecule has 0 aliphatic rings. The molecule has 0 bridgehead atoms. The number of amides is 1. The number of benzene rings is 2. The van der Waals surface area contributed by atoms with E-state index in [-0.39, 0.29) is 18.3 Å². The minimum atomic E-state index is -0.619. The summed E-state index contributed by atoms with van der Waals surface area (Å²) in [5, 5.41) is 6.79. The van der Waals surface area contributed by atoms with Crippen LogP contribution in [0.5, 0.6) is 17.2 Å². The molecule has 1 heterocycles. The van der Waals surface area contributed by atoms with Crippen LogP contribution in [0.4, 0.5) is 0 Å². The number of aromatic nitrogens is 2.